The average Bonchev–Trinajstić information content (AvgIpc) is 2.72. The molecule has 1 heterocycles. The van der Waals surface area contributed by atoms with E-state index < -0.39 is 0 Å². The standard InChI is InChI=1S/C14H17ClN2O/c1-10-4-6-12(18-10)9-16-13-8-11(15)5-7-14(13)17(2)3/h4-8,16H,9H2,1-3H3. The van der Waals surface area contributed by atoms with Crippen LogP contribution < -0.4 is 10.2 Å². The summed E-state index contributed by atoms with van der Waals surface area (Å²) in [6.45, 7) is 2.59. The van der Waals surface area contributed by atoms with Gasteiger partial charge in [-0.05, 0) is 37.3 Å². The van der Waals surface area contributed by atoms with Gasteiger partial charge in [0.25, 0.3) is 0 Å². The Balaban J connectivity index is 2.15. The number of benzene rings is 1. The second kappa shape index (κ2) is 5.36. The van der Waals surface area contributed by atoms with E-state index in [0.717, 1.165) is 27.9 Å². The minimum absolute atomic E-state index is 0.648. The maximum absolute atomic E-state index is 6.03. The molecular weight excluding hydrogens is 248 g/mol. The summed E-state index contributed by atoms with van der Waals surface area (Å²) in [6, 6.07) is 9.74. The van der Waals surface area contributed by atoms with Crippen LogP contribution in [0.2, 0.25) is 5.02 Å². The van der Waals surface area contributed by atoms with E-state index in [-0.39, 0.29) is 0 Å². The van der Waals surface area contributed by atoms with Crippen LogP contribution in [0.5, 0.6) is 0 Å². The largest absolute Gasteiger partial charge is 0.465 e. The van der Waals surface area contributed by atoms with Crippen LogP contribution in [0.1, 0.15) is 11.5 Å². The molecule has 1 aromatic heterocycles. The normalized spacial score (nSPS) is 10.4. The molecule has 4 heteroatoms. The molecule has 0 atom stereocenters. The third-order valence-electron chi connectivity index (χ3n) is 2.69. The molecule has 2 aromatic rings. The van der Waals surface area contributed by atoms with Crippen LogP contribution in [0, 0.1) is 6.92 Å². The van der Waals surface area contributed by atoms with Gasteiger partial charge in [-0.2, -0.15) is 0 Å². The lowest BCUT2D eigenvalue weighted by molar-refractivity contribution is 0.490. The van der Waals surface area contributed by atoms with Gasteiger partial charge in [0.05, 0.1) is 17.9 Å². The van der Waals surface area contributed by atoms with E-state index in [0.29, 0.717) is 6.54 Å². The molecule has 0 bridgehead atoms. The Bertz CT molecular complexity index is 534. The first-order valence-corrected chi connectivity index (χ1v) is 6.20. The predicted molar refractivity (Wildman–Crippen MR) is 76.6 cm³/mol. The highest BCUT2D eigenvalue weighted by molar-refractivity contribution is 6.31. The summed E-state index contributed by atoms with van der Waals surface area (Å²) in [5, 5.41) is 4.07. The minimum Gasteiger partial charge on any atom is -0.465 e. The molecule has 1 aromatic carbocycles. The first-order chi connectivity index (χ1) is 8.56. The minimum atomic E-state index is 0.648. The van der Waals surface area contributed by atoms with E-state index in [1.165, 1.54) is 0 Å². The molecular formula is C14H17ClN2O. The van der Waals surface area contributed by atoms with Crippen LogP contribution in [0.15, 0.2) is 34.7 Å². The second-order valence-corrected chi connectivity index (χ2v) is 4.86. The molecule has 0 unspecified atom stereocenters. The van der Waals surface area contributed by atoms with Gasteiger partial charge >= 0.3 is 0 Å². The number of hydrogen-bond acceptors (Lipinski definition) is 3. The maximum atomic E-state index is 6.03. The van der Waals surface area contributed by atoms with Gasteiger partial charge in [0.1, 0.15) is 11.5 Å². The molecule has 96 valence electrons. The molecule has 1 N–H and O–H groups in total. The molecule has 0 fully saturated rings. The molecule has 0 spiro atoms. The van der Waals surface area contributed by atoms with Gasteiger partial charge in [-0.15, -0.1) is 0 Å². The maximum Gasteiger partial charge on any atom is 0.123 e. The molecule has 0 radical (unpaired) electrons. The van der Waals surface area contributed by atoms with E-state index in [9.17, 15) is 0 Å². The zero-order valence-corrected chi connectivity index (χ0v) is 11.6. The number of furan rings is 1. The zero-order valence-electron chi connectivity index (χ0n) is 10.8. The molecule has 3 nitrogen and oxygen atoms in total. The molecule has 0 aliphatic carbocycles. The number of rotatable bonds is 4. The van der Waals surface area contributed by atoms with Crippen LogP contribution in [-0.4, -0.2) is 14.1 Å². The lowest BCUT2D eigenvalue weighted by atomic mass is 10.2. The first kappa shape index (κ1) is 12.8. The number of hydrogen-bond donors (Lipinski definition) is 1. The van der Waals surface area contributed by atoms with Crippen molar-refractivity contribution >= 4 is 23.0 Å². The van der Waals surface area contributed by atoms with Gasteiger partial charge in [0.2, 0.25) is 0 Å². The van der Waals surface area contributed by atoms with Crippen molar-refractivity contribution < 1.29 is 4.42 Å². The van der Waals surface area contributed by atoms with Crippen LogP contribution >= 0.6 is 11.6 Å². The molecule has 0 amide bonds. The summed E-state index contributed by atoms with van der Waals surface area (Å²) < 4.78 is 5.53. The molecule has 18 heavy (non-hydrogen) atoms. The van der Waals surface area contributed by atoms with Gasteiger partial charge in [-0.25, -0.2) is 0 Å². The quantitative estimate of drug-likeness (QED) is 0.907. The fourth-order valence-corrected chi connectivity index (χ4v) is 1.97. The Morgan fingerprint density at radius 1 is 1.22 bits per heavy atom. The van der Waals surface area contributed by atoms with Crippen molar-refractivity contribution in [3.63, 3.8) is 0 Å². The van der Waals surface area contributed by atoms with Crippen molar-refractivity contribution in [2.24, 2.45) is 0 Å². The molecule has 0 aliphatic rings. The lowest BCUT2D eigenvalue weighted by Crippen LogP contribution is -2.12. The highest BCUT2D eigenvalue weighted by Gasteiger charge is 2.06. The Morgan fingerprint density at radius 2 is 2.00 bits per heavy atom. The predicted octanol–water partition coefficient (Wildman–Crippen LogP) is 3.92. The Hall–Kier alpha value is -1.61. The number of nitrogens with one attached hydrogen (secondary N) is 1. The van der Waals surface area contributed by atoms with Gasteiger partial charge in [0, 0.05) is 19.1 Å². The third-order valence-corrected chi connectivity index (χ3v) is 2.92. The van der Waals surface area contributed by atoms with E-state index >= 15 is 0 Å². The number of nitrogens with zero attached hydrogens (tertiary/aromatic N) is 1. The van der Waals surface area contributed by atoms with E-state index in [2.05, 4.69) is 5.32 Å². The number of aryl methyl sites for hydroxylation is 1. The van der Waals surface area contributed by atoms with Gasteiger partial charge in [-0.3, -0.25) is 0 Å². The number of halogens is 1. The van der Waals surface area contributed by atoms with Crippen LogP contribution in [0.25, 0.3) is 0 Å². The second-order valence-electron chi connectivity index (χ2n) is 4.42. The van der Waals surface area contributed by atoms with Crippen molar-refractivity contribution in [2.75, 3.05) is 24.3 Å². The Labute approximate surface area is 112 Å². The Morgan fingerprint density at radius 3 is 2.61 bits per heavy atom. The highest BCUT2D eigenvalue weighted by Crippen LogP contribution is 2.28. The van der Waals surface area contributed by atoms with E-state index in [1.807, 2.05) is 56.3 Å². The van der Waals surface area contributed by atoms with Gasteiger partial charge in [0.15, 0.2) is 0 Å². The molecule has 0 aliphatic heterocycles. The SMILES string of the molecule is Cc1ccc(CNc2cc(Cl)ccc2N(C)C)o1. The smallest absolute Gasteiger partial charge is 0.123 e. The van der Waals surface area contributed by atoms with Crippen molar-refractivity contribution in [1.29, 1.82) is 0 Å². The summed E-state index contributed by atoms with van der Waals surface area (Å²) in [6.07, 6.45) is 0. The summed E-state index contributed by atoms with van der Waals surface area (Å²) in [7, 11) is 4.01. The van der Waals surface area contributed by atoms with Crippen LogP contribution in [-0.2, 0) is 6.54 Å². The fourth-order valence-electron chi connectivity index (χ4n) is 1.80. The summed E-state index contributed by atoms with van der Waals surface area (Å²) in [5.74, 6) is 1.84. The third kappa shape index (κ3) is 2.99. The van der Waals surface area contributed by atoms with Crippen LogP contribution in [0.4, 0.5) is 11.4 Å². The van der Waals surface area contributed by atoms with Crippen LogP contribution in [0.3, 0.4) is 0 Å². The Kier molecular flexibility index (Phi) is 3.82. The van der Waals surface area contributed by atoms with Crippen molar-refractivity contribution in [1.82, 2.24) is 0 Å². The summed E-state index contributed by atoms with van der Waals surface area (Å²) in [4.78, 5) is 2.05. The molecule has 0 saturated heterocycles. The summed E-state index contributed by atoms with van der Waals surface area (Å²) >= 11 is 6.03. The lowest BCUT2D eigenvalue weighted by Gasteiger charge is -2.18. The highest BCUT2D eigenvalue weighted by atomic mass is 35.5. The van der Waals surface area contributed by atoms with E-state index in [4.69, 9.17) is 16.0 Å². The monoisotopic (exact) mass is 264 g/mol. The zero-order chi connectivity index (χ0) is 13.1. The first-order valence-electron chi connectivity index (χ1n) is 5.82. The van der Waals surface area contributed by atoms with Gasteiger partial charge in [-0.1, -0.05) is 11.6 Å². The summed E-state index contributed by atoms with van der Waals surface area (Å²) in [5.41, 5.74) is 2.10. The molecule has 2 rings (SSSR count). The van der Waals surface area contributed by atoms with Crippen molar-refractivity contribution in [2.45, 2.75) is 13.5 Å². The van der Waals surface area contributed by atoms with Crippen molar-refractivity contribution in [3.05, 3.63) is 46.9 Å². The van der Waals surface area contributed by atoms with Gasteiger partial charge < -0.3 is 14.6 Å². The fraction of sp³-hybridized carbons (Fsp3) is 0.286. The molecule has 0 saturated carbocycles. The van der Waals surface area contributed by atoms with E-state index in [1.54, 1.807) is 0 Å². The van der Waals surface area contributed by atoms with Crippen molar-refractivity contribution in [3.8, 4) is 0 Å². The number of anilines is 2. The average molecular weight is 265 g/mol. The topological polar surface area (TPSA) is 28.4 Å².